The molecule has 0 aromatic carbocycles. The molecule has 1 heterocycles. The minimum Gasteiger partial charge on any atom is -0.390 e. The van der Waals surface area contributed by atoms with Crippen LogP contribution in [-0.4, -0.2) is 25.0 Å². The molecule has 0 unspecified atom stereocenters. The maximum absolute atomic E-state index is 10.5. The molecule has 1 fully saturated rings. The molecule has 0 aliphatic heterocycles. The van der Waals surface area contributed by atoms with Gasteiger partial charge in [0, 0.05) is 31.8 Å². The van der Waals surface area contributed by atoms with Gasteiger partial charge in [-0.3, -0.25) is 0 Å². The van der Waals surface area contributed by atoms with Gasteiger partial charge in [-0.05, 0) is 22.7 Å². The number of rotatable bonds is 4. The van der Waals surface area contributed by atoms with Crippen LogP contribution in [-0.2, 0) is 6.54 Å². The summed E-state index contributed by atoms with van der Waals surface area (Å²) >= 11 is 6.68. The monoisotopic (exact) mass is 352 g/mol. The molecular formula is C8H10Br2N4O2. The van der Waals surface area contributed by atoms with Crippen molar-refractivity contribution in [2.75, 3.05) is 5.33 Å². The molecule has 1 aromatic rings. The van der Waals surface area contributed by atoms with Gasteiger partial charge in [-0.25, -0.2) is 0 Å². The highest BCUT2D eigenvalue weighted by Crippen LogP contribution is 2.44. The maximum atomic E-state index is 10.5. The Balaban J connectivity index is 2.17. The van der Waals surface area contributed by atoms with Crippen LogP contribution in [0.1, 0.15) is 19.3 Å². The van der Waals surface area contributed by atoms with Crippen LogP contribution in [0.2, 0.25) is 0 Å². The number of halogens is 2. The number of alkyl halides is 1. The molecule has 1 aliphatic carbocycles. The third-order valence-electron chi connectivity index (χ3n) is 2.96. The third-order valence-corrected chi connectivity index (χ3v) is 4.74. The molecule has 8 heteroatoms. The summed E-state index contributed by atoms with van der Waals surface area (Å²) in [6.07, 6.45) is 3.46. The van der Waals surface area contributed by atoms with E-state index in [1.54, 1.807) is 4.68 Å². The summed E-state index contributed by atoms with van der Waals surface area (Å²) in [4.78, 5) is 13.7. The third kappa shape index (κ3) is 2.13. The summed E-state index contributed by atoms with van der Waals surface area (Å²) in [5.41, 5.74) is 0.185. The van der Waals surface area contributed by atoms with E-state index in [1.807, 2.05) is 0 Å². The van der Waals surface area contributed by atoms with Gasteiger partial charge in [-0.2, -0.15) is 4.68 Å². The zero-order chi connectivity index (χ0) is 11.8. The normalized spacial score (nSPS) is 18.1. The van der Waals surface area contributed by atoms with Gasteiger partial charge in [0.25, 0.3) is 4.73 Å². The highest BCUT2D eigenvalue weighted by Gasteiger charge is 2.38. The number of aromatic nitrogens is 3. The summed E-state index contributed by atoms with van der Waals surface area (Å²) in [7, 11) is 0. The molecule has 0 N–H and O–H groups in total. The van der Waals surface area contributed by atoms with E-state index in [-0.39, 0.29) is 11.4 Å². The van der Waals surface area contributed by atoms with Crippen molar-refractivity contribution in [1.29, 1.82) is 0 Å². The Kier molecular flexibility index (Phi) is 3.29. The van der Waals surface area contributed by atoms with Gasteiger partial charge in [0.05, 0.1) is 6.54 Å². The molecule has 0 spiro atoms. The Bertz CT molecular complexity index is 411. The Morgan fingerprint density at radius 1 is 1.56 bits per heavy atom. The molecule has 1 saturated carbocycles. The van der Waals surface area contributed by atoms with Gasteiger partial charge < -0.3 is 10.1 Å². The van der Waals surface area contributed by atoms with E-state index in [0.717, 1.165) is 18.2 Å². The fraction of sp³-hybridized carbons (Fsp3) is 0.750. The van der Waals surface area contributed by atoms with E-state index >= 15 is 0 Å². The van der Waals surface area contributed by atoms with Gasteiger partial charge in [-0.15, -0.1) is 0 Å². The Morgan fingerprint density at radius 2 is 2.25 bits per heavy atom. The minimum absolute atomic E-state index is 0.185. The van der Waals surface area contributed by atoms with Crippen LogP contribution < -0.4 is 0 Å². The lowest BCUT2D eigenvalue weighted by Gasteiger charge is -2.39. The average Bonchev–Trinajstić information content (AvgIpc) is 2.54. The molecule has 0 radical (unpaired) electrons. The number of nitrogens with zero attached hydrogens (tertiary/aromatic N) is 4. The minimum atomic E-state index is -0.581. The lowest BCUT2D eigenvalue weighted by atomic mass is 9.70. The van der Waals surface area contributed by atoms with Crippen molar-refractivity contribution in [2.24, 2.45) is 5.41 Å². The van der Waals surface area contributed by atoms with Crippen LogP contribution in [0.4, 0.5) is 5.95 Å². The molecule has 0 bridgehead atoms. The molecule has 0 atom stereocenters. The zero-order valence-electron chi connectivity index (χ0n) is 8.40. The van der Waals surface area contributed by atoms with Crippen molar-refractivity contribution in [1.82, 2.24) is 14.8 Å². The molecule has 1 aliphatic rings. The summed E-state index contributed by atoms with van der Waals surface area (Å²) in [6, 6.07) is 0. The molecule has 0 saturated heterocycles. The topological polar surface area (TPSA) is 73.8 Å². The van der Waals surface area contributed by atoms with E-state index in [4.69, 9.17) is 0 Å². The molecule has 2 rings (SSSR count). The van der Waals surface area contributed by atoms with Crippen LogP contribution >= 0.6 is 31.9 Å². The van der Waals surface area contributed by atoms with Crippen LogP contribution in [0.5, 0.6) is 0 Å². The highest BCUT2D eigenvalue weighted by molar-refractivity contribution is 9.10. The Morgan fingerprint density at radius 3 is 2.62 bits per heavy atom. The lowest BCUT2D eigenvalue weighted by Crippen LogP contribution is -2.36. The zero-order valence-corrected chi connectivity index (χ0v) is 11.6. The van der Waals surface area contributed by atoms with Gasteiger partial charge in [-0.1, -0.05) is 22.4 Å². The number of hydrogen-bond acceptors (Lipinski definition) is 4. The van der Waals surface area contributed by atoms with E-state index in [1.165, 1.54) is 6.42 Å². The van der Waals surface area contributed by atoms with Crippen molar-refractivity contribution in [3.8, 4) is 0 Å². The molecular weight excluding hydrogens is 344 g/mol. The van der Waals surface area contributed by atoms with Crippen LogP contribution in [0, 0.1) is 15.5 Å². The second kappa shape index (κ2) is 4.40. The van der Waals surface area contributed by atoms with Crippen molar-refractivity contribution in [3.05, 3.63) is 14.8 Å². The molecule has 0 amide bonds. The largest absolute Gasteiger partial charge is 0.492 e. The predicted molar refractivity (Wildman–Crippen MR) is 64.5 cm³/mol. The second-order valence-electron chi connectivity index (χ2n) is 4.08. The van der Waals surface area contributed by atoms with Crippen molar-refractivity contribution in [2.45, 2.75) is 25.8 Å². The first-order valence-electron chi connectivity index (χ1n) is 4.87. The summed E-state index contributed by atoms with van der Waals surface area (Å²) in [6.45, 7) is 0.666. The SMILES string of the molecule is O=[N+]([O-])c1nc(Br)n(CC2(CBr)CCC2)n1. The van der Waals surface area contributed by atoms with E-state index in [0.29, 0.717) is 11.3 Å². The summed E-state index contributed by atoms with van der Waals surface area (Å²) in [5, 5.41) is 15.3. The standard InChI is InChI=1S/C8H10Br2N4O2/c9-4-8(2-1-3-8)5-13-6(10)11-7(12-13)14(15)16/h1-5H2. The van der Waals surface area contributed by atoms with E-state index in [2.05, 4.69) is 41.9 Å². The average molecular weight is 354 g/mol. The van der Waals surface area contributed by atoms with Crippen molar-refractivity contribution in [3.63, 3.8) is 0 Å². The first-order valence-corrected chi connectivity index (χ1v) is 6.78. The fourth-order valence-electron chi connectivity index (χ4n) is 1.82. The Hall–Kier alpha value is -0.500. The van der Waals surface area contributed by atoms with Gasteiger partial charge in [0.2, 0.25) is 0 Å². The molecule has 6 nitrogen and oxygen atoms in total. The summed E-state index contributed by atoms with van der Waals surface area (Å²) < 4.78 is 1.99. The van der Waals surface area contributed by atoms with Crippen LogP contribution in [0.15, 0.2) is 4.73 Å². The first kappa shape index (κ1) is 12.0. The van der Waals surface area contributed by atoms with Crippen molar-refractivity contribution >= 4 is 37.8 Å². The molecule has 16 heavy (non-hydrogen) atoms. The molecule has 1 aromatic heterocycles. The molecule has 88 valence electrons. The lowest BCUT2D eigenvalue weighted by molar-refractivity contribution is -0.394. The van der Waals surface area contributed by atoms with Gasteiger partial charge in [0.1, 0.15) is 0 Å². The Labute approximate surface area is 109 Å². The van der Waals surface area contributed by atoms with Crippen LogP contribution in [0.3, 0.4) is 0 Å². The van der Waals surface area contributed by atoms with Crippen LogP contribution in [0.25, 0.3) is 0 Å². The maximum Gasteiger partial charge on any atom is 0.492 e. The van der Waals surface area contributed by atoms with Gasteiger partial charge >= 0.3 is 5.95 Å². The van der Waals surface area contributed by atoms with E-state index in [9.17, 15) is 10.1 Å². The quantitative estimate of drug-likeness (QED) is 0.473. The number of hydrogen-bond donors (Lipinski definition) is 0. The van der Waals surface area contributed by atoms with Gasteiger partial charge in [0.15, 0.2) is 0 Å². The van der Waals surface area contributed by atoms with Crippen molar-refractivity contribution < 1.29 is 4.92 Å². The highest BCUT2D eigenvalue weighted by atomic mass is 79.9. The van der Waals surface area contributed by atoms with E-state index < -0.39 is 4.92 Å². The number of nitro groups is 1. The first-order chi connectivity index (χ1) is 7.56. The summed E-state index contributed by atoms with van der Waals surface area (Å²) in [5.74, 6) is -0.351. The predicted octanol–water partition coefficient (Wildman–Crippen LogP) is 2.51. The smallest absolute Gasteiger partial charge is 0.390 e. The second-order valence-corrected chi connectivity index (χ2v) is 5.35. The fourth-order valence-corrected chi connectivity index (χ4v) is 2.92.